The highest BCUT2D eigenvalue weighted by atomic mass is 35.5. The van der Waals surface area contributed by atoms with E-state index in [-0.39, 0.29) is 12.5 Å². The van der Waals surface area contributed by atoms with E-state index in [1.807, 2.05) is 39.9 Å². The van der Waals surface area contributed by atoms with Crippen molar-refractivity contribution in [2.75, 3.05) is 6.54 Å². The Hall–Kier alpha value is -2.60. The van der Waals surface area contributed by atoms with E-state index in [0.29, 0.717) is 22.8 Å². The fourth-order valence-electron chi connectivity index (χ4n) is 3.52. The largest absolute Gasteiger partial charge is 0.338 e. The van der Waals surface area contributed by atoms with Gasteiger partial charge in [0.2, 0.25) is 11.7 Å². The SMILES string of the molecule is C[C@@H]1CCCCN1C(=O)Cn1cccc1-c1nc(-c2cccc(Cl)c2)no1. The lowest BCUT2D eigenvalue weighted by Crippen LogP contribution is -2.43. The van der Waals surface area contributed by atoms with Crippen molar-refractivity contribution in [1.82, 2.24) is 19.6 Å². The molecule has 0 N–H and O–H groups in total. The maximum atomic E-state index is 12.7. The van der Waals surface area contributed by atoms with E-state index in [1.165, 1.54) is 6.42 Å². The lowest BCUT2D eigenvalue weighted by Gasteiger charge is -2.33. The molecule has 0 unspecified atom stereocenters. The minimum absolute atomic E-state index is 0.120. The van der Waals surface area contributed by atoms with E-state index in [0.717, 1.165) is 30.6 Å². The third-order valence-corrected chi connectivity index (χ3v) is 5.22. The number of amides is 1. The molecule has 1 aliphatic rings. The number of aromatic nitrogens is 3. The lowest BCUT2D eigenvalue weighted by atomic mass is 10.0. The molecule has 2 aromatic heterocycles. The van der Waals surface area contributed by atoms with Crippen molar-refractivity contribution >= 4 is 17.5 Å². The van der Waals surface area contributed by atoms with Crippen molar-refractivity contribution in [3.63, 3.8) is 0 Å². The Morgan fingerprint density at radius 1 is 1.30 bits per heavy atom. The van der Waals surface area contributed by atoms with Gasteiger partial charge in [-0.15, -0.1) is 0 Å². The van der Waals surface area contributed by atoms with Gasteiger partial charge < -0.3 is 14.0 Å². The van der Waals surface area contributed by atoms with Gasteiger partial charge >= 0.3 is 0 Å². The smallest absolute Gasteiger partial charge is 0.274 e. The molecule has 1 amide bonds. The number of nitrogens with zero attached hydrogens (tertiary/aromatic N) is 4. The van der Waals surface area contributed by atoms with Crippen molar-refractivity contribution in [2.24, 2.45) is 0 Å². The Morgan fingerprint density at radius 3 is 3.00 bits per heavy atom. The summed E-state index contributed by atoms with van der Waals surface area (Å²) in [6.45, 7) is 3.21. The molecule has 0 aliphatic carbocycles. The minimum Gasteiger partial charge on any atom is -0.338 e. The van der Waals surface area contributed by atoms with Crippen LogP contribution in [0.25, 0.3) is 23.0 Å². The zero-order valence-corrected chi connectivity index (χ0v) is 15.9. The fourth-order valence-corrected chi connectivity index (χ4v) is 3.71. The molecule has 27 heavy (non-hydrogen) atoms. The molecular weight excluding hydrogens is 364 g/mol. The highest BCUT2D eigenvalue weighted by Gasteiger charge is 2.24. The third kappa shape index (κ3) is 3.76. The first-order valence-corrected chi connectivity index (χ1v) is 9.54. The van der Waals surface area contributed by atoms with Gasteiger partial charge in [-0.2, -0.15) is 4.98 Å². The normalized spacial score (nSPS) is 17.3. The molecule has 0 bridgehead atoms. The van der Waals surface area contributed by atoms with Crippen LogP contribution in [0.5, 0.6) is 0 Å². The number of piperidine rings is 1. The summed E-state index contributed by atoms with van der Waals surface area (Å²) in [7, 11) is 0. The second-order valence-corrected chi connectivity index (χ2v) is 7.32. The van der Waals surface area contributed by atoms with Crippen LogP contribution in [0.1, 0.15) is 26.2 Å². The van der Waals surface area contributed by atoms with Gasteiger partial charge in [-0.3, -0.25) is 4.79 Å². The van der Waals surface area contributed by atoms with Crippen LogP contribution in [0, 0.1) is 0 Å². The first kappa shape index (κ1) is 17.8. The van der Waals surface area contributed by atoms with Crippen LogP contribution in [-0.2, 0) is 11.3 Å². The molecule has 6 nitrogen and oxygen atoms in total. The second-order valence-electron chi connectivity index (χ2n) is 6.89. The molecule has 1 fully saturated rings. The maximum absolute atomic E-state index is 12.7. The fraction of sp³-hybridized carbons (Fsp3) is 0.350. The Labute approximate surface area is 162 Å². The Morgan fingerprint density at radius 2 is 2.19 bits per heavy atom. The number of carbonyl (C=O) groups is 1. The van der Waals surface area contributed by atoms with Crippen molar-refractivity contribution in [1.29, 1.82) is 0 Å². The molecule has 0 spiro atoms. The van der Waals surface area contributed by atoms with Crippen molar-refractivity contribution in [3.8, 4) is 23.0 Å². The van der Waals surface area contributed by atoms with Gasteiger partial charge in [0.1, 0.15) is 12.2 Å². The number of likely N-dealkylation sites (tertiary alicyclic amines) is 1. The van der Waals surface area contributed by atoms with E-state index in [2.05, 4.69) is 17.1 Å². The highest BCUT2D eigenvalue weighted by molar-refractivity contribution is 6.30. The van der Waals surface area contributed by atoms with Gasteiger partial charge in [0.05, 0.1) is 0 Å². The molecular formula is C20H21ClN4O2. The van der Waals surface area contributed by atoms with E-state index < -0.39 is 0 Å². The van der Waals surface area contributed by atoms with Gasteiger partial charge in [0.25, 0.3) is 5.89 Å². The quantitative estimate of drug-likeness (QED) is 0.674. The number of hydrogen-bond donors (Lipinski definition) is 0. The van der Waals surface area contributed by atoms with E-state index in [9.17, 15) is 4.79 Å². The highest BCUT2D eigenvalue weighted by Crippen LogP contribution is 2.25. The van der Waals surface area contributed by atoms with Crippen LogP contribution in [-0.4, -0.2) is 38.1 Å². The third-order valence-electron chi connectivity index (χ3n) is 4.99. The predicted molar refractivity (Wildman–Crippen MR) is 103 cm³/mol. The molecule has 1 atom stereocenters. The first-order valence-electron chi connectivity index (χ1n) is 9.16. The van der Waals surface area contributed by atoms with Gasteiger partial charge in [0, 0.05) is 29.4 Å². The van der Waals surface area contributed by atoms with Crippen molar-refractivity contribution in [2.45, 2.75) is 38.8 Å². The first-order chi connectivity index (χ1) is 13.1. The monoisotopic (exact) mass is 384 g/mol. The standard InChI is InChI=1S/C20H21ClN4O2/c1-14-6-2-3-11-25(14)18(26)13-24-10-5-9-17(24)20-22-19(23-27-20)15-7-4-8-16(21)12-15/h4-5,7-10,12,14H,2-3,6,11,13H2,1H3/t14-/m1/s1. The summed E-state index contributed by atoms with van der Waals surface area (Å²) >= 11 is 6.04. The molecule has 0 radical (unpaired) electrons. The van der Waals surface area contributed by atoms with Gasteiger partial charge in [0.15, 0.2) is 0 Å². The average molecular weight is 385 g/mol. The molecule has 140 valence electrons. The van der Waals surface area contributed by atoms with Gasteiger partial charge in [-0.25, -0.2) is 0 Å². The number of rotatable bonds is 4. The van der Waals surface area contributed by atoms with Crippen LogP contribution < -0.4 is 0 Å². The maximum Gasteiger partial charge on any atom is 0.274 e. The van der Waals surface area contributed by atoms with Crippen LogP contribution in [0.3, 0.4) is 0 Å². The van der Waals surface area contributed by atoms with Crippen LogP contribution in [0.4, 0.5) is 0 Å². The van der Waals surface area contributed by atoms with Crippen LogP contribution in [0.15, 0.2) is 47.1 Å². The predicted octanol–water partition coefficient (Wildman–Crippen LogP) is 4.26. The van der Waals surface area contributed by atoms with Gasteiger partial charge in [-0.1, -0.05) is 28.9 Å². The number of benzene rings is 1. The van der Waals surface area contributed by atoms with Crippen molar-refractivity contribution in [3.05, 3.63) is 47.6 Å². The summed E-state index contributed by atoms with van der Waals surface area (Å²) in [5.41, 5.74) is 1.52. The average Bonchev–Trinajstić information content (AvgIpc) is 3.31. The zero-order valence-electron chi connectivity index (χ0n) is 15.1. The summed E-state index contributed by atoms with van der Waals surface area (Å²) < 4.78 is 7.30. The van der Waals surface area contributed by atoms with Crippen LogP contribution >= 0.6 is 11.6 Å². The molecule has 1 saturated heterocycles. The Kier molecular flexibility index (Phi) is 4.99. The van der Waals surface area contributed by atoms with Crippen LogP contribution in [0.2, 0.25) is 5.02 Å². The summed E-state index contributed by atoms with van der Waals surface area (Å²) in [5, 5.41) is 4.67. The Balaban J connectivity index is 1.55. The molecule has 4 rings (SSSR count). The summed E-state index contributed by atoms with van der Waals surface area (Å²) in [6, 6.07) is 11.4. The summed E-state index contributed by atoms with van der Waals surface area (Å²) in [5.74, 6) is 0.972. The molecule has 7 heteroatoms. The summed E-state index contributed by atoms with van der Waals surface area (Å²) in [6.07, 6.45) is 5.19. The number of halogens is 1. The van der Waals surface area contributed by atoms with Crippen molar-refractivity contribution < 1.29 is 9.32 Å². The molecule has 1 aliphatic heterocycles. The van der Waals surface area contributed by atoms with E-state index in [4.69, 9.17) is 16.1 Å². The van der Waals surface area contributed by atoms with E-state index >= 15 is 0 Å². The van der Waals surface area contributed by atoms with Gasteiger partial charge in [-0.05, 0) is 50.5 Å². The van der Waals surface area contributed by atoms with E-state index in [1.54, 1.807) is 12.1 Å². The second kappa shape index (κ2) is 7.56. The molecule has 3 heterocycles. The number of carbonyl (C=O) groups excluding carboxylic acids is 1. The lowest BCUT2D eigenvalue weighted by molar-refractivity contribution is -0.135. The minimum atomic E-state index is 0.120. The molecule has 1 aromatic carbocycles. The topological polar surface area (TPSA) is 64.2 Å². The number of hydrogen-bond acceptors (Lipinski definition) is 4. The molecule has 0 saturated carbocycles. The summed E-state index contributed by atoms with van der Waals surface area (Å²) in [4.78, 5) is 19.2. The zero-order chi connectivity index (χ0) is 18.8. The Bertz CT molecular complexity index is 949. The molecule has 3 aromatic rings.